The molecule has 2 saturated heterocycles. The molecule has 0 amide bonds. The van der Waals surface area contributed by atoms with Gasteiger partial charge in [0.15, 0.2) is 0 Å². The number of ether oxygens (including phenoxy) is 4. The maximum atomic E-state index is 13.0. The second-order valence-electron chi connectivity index (χ2n) is 13.5. The van der Waals surface area contributed by atoms with Crippen LogP contribution in [0.25, 0.3) is 0 Å². The number of esters is 4. The minimum Gasteiger partial charge on any atom is -0.465 e. The molecule has 0 bridgehead atoms. The van der Waals surface area contributed by atoms with Crippen LogP contribution in [-0.2, 0) is 38.1 Å². The van der Waals surface area contributed by atoms with Crippen LogP contribution in [0.1, 0.15) is 87.0 Å². The zero-order chi connectivity index (χ0) is 27.8. The average molecular weight is 531 g/mol. The van der Waals surface area contributed by atoms with Gasteiger partial charge in [0.2, 0.25) is 0 Å². The number of allylic oxidation sites excluding steroid dienone is 1. The Morgan fingerprint density at radius 1 is 0.921 bits per heavy atom. The fraction of sp³-hybridized carbons (Fsp3) is 0.800. The van der Waals surface area contributed by atoms with Crippen LogP contribution >= 0.6 is 0 Å². The van der Waals surface area contributed by atoms with Gasteiger partial charge in [0.1, 0.15) is 17.8 Å². The summed E-state index contributed by atoms with van der Waals surface area (Å²) in [6.45, 7) is 13.8. The molecule has 0 spiro atoms. The van der Waals surface area contributed by atoms with Gasteiger partial charge in [0.25, 0.3) is 0 Å². The molecule has 210 valence electrons. The Bertz CT molecular complexity index is 1090. The smallest absolute Gasteiger partial charge is 0.310 e. The highest BCUT2D eigenvalue weighted by Crippen LogP contribution is 2.72. The first-order valence-electron chi connectivity index (χ1n) is 14.1. The molecule has 2 heterocycles. The zero-order valence-electron chi connectivity index (χ0n) is 23.8. The summed E-state index contributed by atoms with van der Waals surface area (Å²) in [6, 6.07) is 0. The van der Waals surface area contributed by atoms with E-state index in [0.717, 1.165) is 19.3 Å². The largest absolute Gasteiger partial charge is 0.465 e. The highest BCUT2D eigenvalue weighted by molar-refractivity contribution is 5.73. The van der Waals surface area contributed by atoms with E-state index in [0.29, 0.717) is 19.4 Å². The van der Waals surface area contributed by atoms with Crippen molar-refractivity contribution < 1.29 is 38.1 Å². The summed E-state index contributed by atoms with van der Waals surface area (Å²) in [4.78, 5) is 49.8. The molecule has 8 nitrogen and oxygen atoms in total. The number of carbonyl (C=O) groups is 4. The van der Waals surface area contributed by atoms with Crippen LogP contribution in [0.5, 0.6) is 0 Å². The van der Waals surface area contributed by atoms with Crippen molar-refractivity contribution in [2.75, 3.05) is 6.61 Å². The van der Waals surface area contributed by atoms with E-state index in [1.807, 2.05) is 13.8 Å². The SMILES string of the molecule is CC(=O)O[C@H]1CC(=O)OC(C)(C)[C@@H]2C[C@@H](OC(C)=O)[C@@]3(C)C4=CC[C@@H]([C@H]5COC(=O)C5)[C@]4(C)CC[C@@H]3[C@@]12C. The first-order chi connectivity index (χ1) is 17.6. The van der Waals surface area contributed by atoms with Crippen LogP contribution in [0.15, 0.2) is 11.6 Å². The number of rotatable bonds is 3. The Hall–Kier alpha value is -2.38. The molecule has 9 atom stereocenters. The first kappa shape index (κ1) is 27.2. The third kappa shape index (κ3) is 3.83. The molecule has 8 heteroatoms. The molecule has 0 aromatic carbocycles. The van der Waals surface area contributed by atoms with Gasteiger partial charge in [-0.15, -0.1) is 0 Å². The van der Waals surface area contributed by atoms with Crippen LogP contribution in [0.2, 0.25) is 0 Å². The van der Waals surface area contributed by atoms with Gasteiger partial charge in [-0.1, -0.05) is 32.4 Å². The lowest BCUT2D eigenvalue weighted by Gasteiger charge is -2.66. The van der Waals surface area contributed by atoms with Gasteiger partial charge in [0, 0.05) is 36.5 Å². The molecule has 4 fully saturated rings. The molecule has 5 aliphatic rings. The summed E-state index contributed by atoms with van der Waals surface area (Å²) in [6.07, 6.45) is 4.74. The van der Waals surface area contributed by atoms with E-state index in [9.17, 15) is 19.2 Å². The standard InChI is InChI=1S/C30H42O8/c1-16(31)36-23-13-22-27(3,4)38-26(34)14-24(37-17(2)32)30(22,7)21-10-11-28(5)19(18-12-25(33)35-15-18)8-9-20(28)29(21,23)6/h9,18-19,21-24H,8,10-15H2,1-7H3/t18-,19+,21+,22+,23-,24+,28+,29+,30-/m1/s1. The van der Waals surface area contributed by atoms with E-state index in [1.54, 1.807) is 0 Å². The topological polar surface area (TPSA) is 105 Å². The van der Waals surface area contributed by atoms with Gasteiger partial charge in [0.05, 0.1) is 19.4 Å². The van der Waals surface area contributed by atoms with Gasteiger partial charge < -0.3 is 18.9 Å². The molecule has 38 heavy (non-hydrogen) atoms. The molecule has 0 unspecified atom stereocenters. The minimum atomic E-state index is -0.838. The highest BCUT2D eigenvalue weighted by Gasteiger charge is 2.71. The normalized spacial score (nSPS) is 45.4. The second kappa shape index (κ2) is 8.82. The number of fused-ring (bicyclic) bond motifs is 5. The monoisotopic (exact) mass is 530 g/mol. The molecule has 5 rings (SSSR count). The van der Waals surface area contributed by atoms with Crippen molar-refractivity contribution >= 4 is 23.9 Å². The molecule has 0 aromatic rings. The molecule has 0 radical (unpaired) electrons. The predicted octanol–water partition coefficient (Wildman–Crippen LogP) is 4.53. The Labute approximate surface area is 225 Å². The van der Waals surface area contributed by atoms with Crippen LogP contribution in [0, 0.1) is 39.9 Å². The van der Waals surface area contributed by atoms with E-state index < -0.39 is 34.6 Å². The van der Waals surface area contributed by atoms with Crippen molar-refractivity contribution in [3.63, 3.8) is 0 Å². The zero-order valence-corrected chi connectivity index (χ0v) is 23.8. The summed E-state index contributed by atoms with van der Waals surface area (Å²) >= 11 is 0. The third-order valence-corrected chi connectivity index (χ3v) is 11.2. The Morgan fingerprint density at radius 2 is 1.58 bits per heavy atom. The number of hydrogen-bond donors (Lipinski definition) is 0. The van der Waals surface area contributed by atoms with Gasteiger partial charge in [-0.2, -0.15) is 0 Å². The van der Waals surface area contributed by atoms with E-state index in [1.165, 1.54) is 19.4 Å². The lowest BCUT2D eigenvalue weighted by Crippen LogP contribution is -2.67. The summed E-state index contributed by atoms with van der Waals surface area (Å²) in [5.74, 6) is -1.07. The molecular formula is C30H42O8. The molecule has 2 saturated carbocycles. The predicted molar refractivity (Wildman–Crippen MR) is 136 cm³/mol. The van der Waals surface area contributed by atoms with Crippen molar-refractivity contribution in [1.29, 1.82) is 0 Å². The summed E-state index contributed by atoms with van der Waals surface area (Å²) in [7, 11) is 0. The Morgan fingerprint density at radius 3 is 2.18 bits per heavy atom. The van der Waals surface area contributed by atoms with Gasteiger partial charge in [-0.3, -0.25) is 19.2 Å². The average Bonchev–Trinajstić information content (AvgIpc) is 3.35. The lowest BCUT2D eigenvalue weighted by atomic mass is 9.39. The van der Waals surface area contributed by atoms with Crippen LogP contribution < -0.4 is 0 Å². The van der Waals surface area contributed by atoms with E-state index >= 15 is 0 Å². The van der Waals surface area contributed by atoms with Crippen LogP contribution in [0.4, 0.5) is 0 Å². The van der Waals surface area contributed by atoms with E-state index in [-0.39, 0.29) is 53.4 Å². The van der Waals surface area contributed by atoms with E-state index in [4.69, 9.17) is 18.9 Å². The molecule has 0 aromatic heterocycles. The number of carbonyl (C=O) groups excluding carboxylic acids is 4. The quantitative estimate of drug-likeness (QED) is 0.298. The van der Waals surface area contributed by atoms with Gasteiger partial charge in [-0.25, -0.2) is 0 Å². The van der Waals surface area contributed by atoms with Gasteiger partial charge in [-0.05, 0) is 56.8 Å². The number of hydrogen-bond acceptors (Lipinski definition) is 8. The van der Waals surface area contributed by atoms with Gasteiger partial charge >= 0.3 is 23.9 Å². The molecule has 2 aliphatic heterocycles. The highest BCUT2D eigenvalue weighted by atomic mass is 16.6. The summed E-state index contributed by atoms with van der Waals surface area (Å²) < 4.78 is 23.5. The molecular weight excluding hydrogens is 488 g/mol. The van der Waals surface area contributed by atoms with Crippen LogP contribution in [0.3, 0.4) is 0 Å². The molecule has 0 N–H and O–H groups in total. The maximum absolute atomic E-state index is 13.0. The third-order valence-electron chi connectivity index (χ3n) is 11.2. The minimum absolute atomic E-state index is 0.00128. The second-order valence-corrected chi connectivity index (χ2v) is 13.5. The fourth-order valence-electron chi connectivity index (χ4n) is 9.84. The van der Waals surface area contributed by atoms with Crippen molar-refractivity contribution in [1.82, 2.24) is 0 Å². The summed E-state index contributed by atoms with van der Waals surface area (Å²) in [5.41, 5.74) is -0.874. The maximum Gasteiger partial charge on any atom is 0.310 e. The Balaban J connectivity index is 1.64. The van der Waals surface area contributed by atoms with Crippen molar-refractivity contribution in [2.45, 2.75) is 105 Å². The van der Waals surface area contributed by atoms with Crippen molar-refractivity contribution in [3.05, 3.63) is 11.6 Å². The Kier molecular flexibility index (Phi) is 6.31. The molecule has 3 aliphatic carbocycles. The lowest BCUT2D eigenvalue weighted by molar-refractivity contribution is -0.227. The van der Waals surface area contributed by atoms with Crippen molar-refractivity contribution in [3.8, 4) is 0 Å². The number of cyclic esters (lactones) is 2. The fourth-order valence-corrected chi connectivity index (χ4v) is 9.84. The van der Waals surface area contributed by atoms with Crippen LogP contribution in [-0.4, -0.2) is 48.3 Å². The van der Waals surface area contributed by atoms with Crippen molar-refractivity contribution in [2.24, 2.45) is 39.9 Å². The first-order valence-corrected chi connectivity index (χ1v) is 14.1. The summed E-state index contributed by atoms with van der Waals surface area (Å²) in [5, 5.41) is 0. The van der Waals surface area contributed by atoms with E-state index in [2.05, 4.69) is 26.8 Å².